The number of methoxy groups -OCH3 is 1. The Morgan fingerprint density at radius 1 is 1.00 bits per heavy atom. The van der Waals surface area contributed by atoms with Crippen LogP contribution in [0.25, 0.3) is 11.3 Å². The Morgan fingerprint density at radius 3 is 2.60 bits per heavy atom. The lowest BCUT2D eigenvalue weighted by molar-refractivity contribution is 0.414. The van der Waals surface area contributed by atoms with Gasteiger partial charge < -0.3 is 14.9 Å². The zero-order valence-electron chi connectivity index (χ0n) is 16.7. The van der Waals surface area contributed by atoms with Crippen LogP contribution in [0.4, 0.5) is 5.95 Å². The zero-order chi connectivity index (χ0) is 20.9. The van der Waals surface area contributed by atoms with Gasteiger partial charge in [-0.3, -0.25) is 9.36 Å². The van der Waals surface area contributed by atoms with Gasteiger partial charge in [-0.2, -0.15) is 0 Å². The molecule has 0 amide bonds. The molecule has 0 aliphatic heterocycles. The van der Waals surface area contributed by atoms with Gasteiger partial charge in [-0.25, -0.2) is 4.98 Å². The summed E-state index contributed by atoms with van der Waals surface area (Å²) in [4.78, 5) is 17.1. The fraction of sp³-hybridized carbons (Fsp3) is 0.167. The number of hydrogen-bond acceptors (Lipinski definition) is 5. The molecule has 0 aliphatic carbocycles. The number of hydrogen-bond donors (Lipinski definition) is 1. The Bertz CT molecular complexity index is 1200. The first kappa shape index (κ1) is 19.5. The molecule has 2 aromatic carbocycles. The van der Waals surface area contributed by atoms with Gasteiger partial charge in [-0.1, -0.05) is 30.3 Å². The molecule has 0 aliphatic rings. The van der Waals surface area contributed by atoms with E-state index < -0.39 is 0 Å². The normalized spacial score (nSPS) is 10.8. The van der Waals surface area contributed by atoms with E-state index in [1.165, 1.54) is 4.57 Å². The van der Waals surface area contributed by atoms with E-state index in [2.05, 4.69) is 17.1 Å². The Balaban J connectivity index is 1.48. The van der Waals surface area contributed by atoms with Crippen LogP contribution < -0.4 is 16.0 Å². The third-order valence-electron chi connectivity index (χ3n) is 4.97. The fourth-order valence-electron chi connectivity index (χ4n) is 3.41. The Morgan fingerprint density at radius 2 is 1.83 bits per heavy atom. The lowest BCUT2D eigenvalue weighted by Crippen LogP contribution is -2.25. The van der Waals surface area contributed by atoms with E-state index in [9.17, 15) is 4.79 Å². The highest BCUT2D eigenvalue weighted by molar-refractivity contribution is 5.58. The van der Waals surface area contributed by atoms with Crippen LogP contribution in [-0.2, 0) is 19.4 Å². The number of nitrogens with zero attached hydrogens (tertiary/aromatic N) is 2. The highest BCUT2D eigenvalue weighted by Gasteiger charge is 2.09. The van der Waals surface area contributed by atoms with E-state index in [0.717, 1.165) is 34.6 Å². The Hall–Kier alpha value is -3.80. The molecule has 4 aromatic rings. The van der Waals surface area contributed by atoms with Crippen molar-refractivity contribution in [2.75, 3.05) is 12.8 Å². The summed E-state index contributed by atoms with van der Waals surface area (Å²) in [5.41, 5.74) is 9.72. The van der Waals surface area contributed by atoms with E-state index in [1.54, 1.807) is 19.4 Å². The number of nitrogens with two attached hydrogens (primary N) is 1. The minimum Gasteiger partial charge on any atom is -0.497 e. The van der Waals surface area contributed by atoms with Crippen LogP contribution in [0, 0.1) is 0 Å². The molecule has 2 heterocycles. The van der Waals surface area contributed by atoms with E-state index in [0.29, 0.717) is 18.7 Å². The van der Waals surface area contributed by atoms with Crippen LogP contribution in [0.3, 0.4) is 0 Å². The molecule has 0 atom stereocenters. The highest BCUT2D eigenvalue weighted by Crippen LogP contribution is 2.21. The summed E-state index contributed by atoms with van der Waals surface area (Å²) >= 11 is 0. The van der Waals surface area contributed by atoms with Crippen molar-refractivity contribution in [2.45, 2.75) is 19.4 Å². The van der Waals surface area contributed by atoms with Crippen molar-refractivity contribution in [1.29, 1.82) is 0 Å². The molecule has 0 saturated carbocycles. The second-order valence-corrected chi connectivity index (χ2v) is 7.06. The third-order valence-corrected chi connectivity index (χ3v) is 4.97. The molecule has 152 valence electrons. The highest BCUT2D eigenvalue weighted by atomic mass is 16.5. The van der Waals surface area contributed by atoms with E-state index in [4.69, 9.17) is 14.9 Å². The van der Waals surface area contributed by atoms with Gasteiger partial charge in [-0.05, 0) is 54.3 Å². The molecule has 4 rings (SSSR count). The summed E-state index contributed by atoms with van der Waals surface area (Å²) in [6.45, 7) is 0.348. The molecule has 0 spiro atoms. The van der Waals surface area contributed by atoms with Crippen molar-refractivity contribution in [2.24, 2.45) is 0 Å². The number of aromatic nitrogens is 2. The van der Waals surface area contributed by atoms with Crippen LogP contribution in [0.5, 0.6) is 5.75 Å². The molecule has 0 saturated heterocycles. The molecule has 0 fully saturated rings. The van der Waals surface area contributed by atoms with Crippen LogP contribution >= 0.6 is 0 Å². The predicted molar refractivity (Wildman–Crippen MR) is 117 cm³/mol. The van der Waals surface area contributed by atoms with Gasteiger partial charge in [0.2, 0.25) is 5.95 Å². The second-order valence-electron chi connectivity index (χ2n) is 7.06. The van der Waals surface area contributed by atoms with Crippen molar-refractivity contribution in [1.82, 2.24) is 9.55 Å². The van der Waals surface area contributed by atoms with E-state index in [-0.39, 0.29) is 11.5 Å². The molecule has 6 nitrogen and oxygen atoms in total. The summed E-state index contributed by atoms with van der Waals surface area (Å²) < 4.78 is 12.2. The summed E-state index contributed by atoms with van der Waals surface area (Å²) in [5.74, 6) is 1.78. The first-order valence-corrected chi connectivity index (χ1v) is 9.74. The van der Waals surface area contributed by atoms with Gasteiger partial charge in [0, 0.05) is 11.6 Å². The molecule has 30 heavy (non-hydrogen) atoms. The molecule has 0 radical (unpaired) electrons. The first-order chi connectivity index (χ1) is 14.6. The SMILES string of the molecule is COc1cccc(Cn2c(N)nc(CCc3cccc(-c4ccco4)c3)cc2=O)c1. The maximum Gasteiger partial charge on any atom is 0.255 e. The average Bonchev–Trinajstić information content (AvgIpc) is 3.30. The average molecular weight is 401 g/mol. The molecule has 0 bridgehead atoms. The lowest BCUT2D eigenvalue weighted by atomic mass is 10.0. The molecule has 0 unspecified atom stereocenters. The quantitative estimate of drug-likeness (QED) is 0.507. The maximum absolute atomic E-state index is 12.6. The van der Waals surface area contributed by atoms with Gasteiger partial charge in [0.25, 0.3) is 5.56 Å². The summed E-state index contributed by atoms with van der Waals surface area (Å²) in [5, 5.41) is 0. The number of ether oxygens (including phenoxy) is 1. The Labute approximate surface area is 174 Å². The molecular weight excluding hydrogens is 378 g/mol. The molecule has 2 N–H and O–H groups in total. The molecule has 2 aromatic heterocycles. The number of rotatable bonds is 7. The van der Waals surface area contributed by atoms with Crippen molar-refractivity contribution in [3.63, 3.8) is 0 Å². The van der Waals surface area contributed by atoms with Gasteiger partial charge in [0.15, 0.2) is 0 Å². The van der Waals surface area contributed by atoms with Crippen molar-refractivity contribution in [3.8, 4) is 17.1 Å². The maximum atomic E-state index is 12.6. The first-order valence-electron chi connectivity index (χ1n) is 9.74. The number of benzene rings is 2. The summed E-state index contributed by atoms with van der Waals surface area (Å²) in [6, 6.07) is 21.1. The number of aryl methyl sites for hydroxylation is 2. The molecular formula is C24H23N3O3. The number of nitrogen functional groups attached to an aromatic ring is 1. The van der Waals surface area contributed by atoms with Crippen LogP contribution in [0.15, 0.2) is 82.2 Å². The van der Waals surface area contributed by atoms with Gasteiger partial charge in [0.1, 0.15) is 11.5 Å². The third kappa shape index (κ3) is 4.43. The number of furan rings is 1. The van der Waals surface area contributed by atoms with Crippen LogP contribution in [0.2, 0.25) is 0 Å². The van der Waals surface area contributed by atoms with Crippen molar-refractivity contribution < 1.29 is 9.15 Å². The standard InChI is InChI=1S/C24H23N3O3/c1-29-21-8-3-6-18(14-21)16-27-23(28)15-20(26-24(27)25)11-10-17-5-2-7-19(13-17)22-9-4-12-30-22/h2-9,12-15H,10-11,16H2,1H3,(H2,25,26). The fourth-order valence-corrected chi connectivity index (χ4v) is 3.41. The van der Waals surface area contributed by atoms with Crippen molar-refractivity contribution >= 4 is 5.95 Å². The lowest BCUT2D eigenvalue weighted by Gasteiger charge is -2.11. The van der Waals surface area contributed by atoms with Crippen LogP contribution in [0.1, 0.15) is 16.8 Å². The summed E-state index contributed by atoms with van der Waals surface area (Å²) in [7, 11) is 1.61. The second kappa shape index (κ2) is 8.69. The largest absolute Gasteiger partial charge is 0.497 e. The van der Waals surface area contributed by atoms with Crippen molar-refractivity contribution in [3.05, 3.63) is 100 Å². The smallest absolute Gasteiger partial charge is 0.255 e. The van der Waals surface area contributed by atoms with E-state index in [1.807, 2.05) is 48.5 Å². The van der Waals surface area contributed by atoms with E-state index >= 15 is 0 Å². The predicted octanol–water partition coefficient (Wildman–Crippen LogP) is 3.93. The van der Waals surface area contributed by atoms with Gasteiger partial charge in [-0.15, -0.1) is 0 Å². The topological polar surface area (TPSA) is 83.3 Å². The zero-order valence-corrected chi connectivity index (χ0v) is 16.7. The van der Waals surface area contributed by atoms with Gasteiger partial charge >= 0.3 is 0 Å². The monoisotopic (exact) mass is 401 g/mol. The number of anilines is 1. The Kier molecular flexibility index (Phi) is 5.66. The van der Waals surface area contributed by atoms with Gasteiger partial charge in [0.05, 0.1) is 25.6 Å². The summed E-state index contributed by atoms with van der Waals surface area (Å²) in [6.07, 6.45) is 3.04. The van der Waals surface area contributed by atoms with Crippen LogP contribution in [-0.4, -0.2) is 16.7 Å². The molecule has 6 heteroatoms. The minimum atomic E-state index is -0.162. The minimum absolute atomic E-state index is 0.162.